The highest BCUT2D eigenvalue weighted by molar-refractivity contribution is 5.91. The third-order valence-corrected chi connectivity index (χ3v) is 8.40. The Labute approximate surface area is 187 Å². The van der Waals surface area contributed by atoms with Gasteiger partial charge in [-0.2, -0.15) is 0 Å². The van der Waals surface area contributed by atoms with Gasteiger partial charge in [0.05, 0.1) is 24.8 Å². The van der Waals surface area contributed by atoms with E-state index in [4.69, 9.17) is 9.47 Å². The van der Waals surface area contributed by atoms with Crippen LogP contribution in [-0.2, 0) is 26.4 Å². The lowest BCUT2D eigenvalue weighted by molar-refractivity contribution is -0.179. The molecule has 0 N–H and O–H groups in total. The second kappa shape index (κ2) is 6.04. The first-order valence-corrected chi connectivity index (χ1v) is 11.6. The van der Waals surface area contributed by atoms with Crippen LogP contribution in [0, 0.1) is 5.41 Å². The van der Waals surface area contributed by atoms with E-state index in [0.717, 1.165) is 30.5 Å². The summed E-state index contributed by atoms with van der Waals surface area (Å²) in [5.41, 5.74) is 4.71. The van der Waals surface area contributed by atoms with Crippen LogP contribution in [0.15, 0.2) is 60.8 Å². The number of hydrogen-bond acceptors (Lipinski definition) is 4. The number of esters is 1. The molecule has 4 aliphatic rings. The van der Waals surface area contributed by atoms with Crippen LogP contribution in [0.3, 0.4) is 0 Å². The third kappa shape index (κ3) is 1.93. The molecular weight excluding hydrogens is 400 g/mol. The number of methoxy groups -OCH3 is 1. The lowest BCUT2D eigenvalue weighted by Crippen LogP contribution is -2.54. The van der Waals surface area contributed by atoms with Gasteiger partial charge in [0, 0.05) is 41.2 Å². The van der Waals surface area contributed by atoms with Crippen molar-refractivity contribution in [3.63, 3.8) is 0 Å². The number of hydrogen-bond donors (Lipinski definition) is 0. The van der Waals surface area contributed by atoms with Crippen molar-refractivity contribution in [3.8, 4) is 0 Å². The molecule has 0 unspecified atom stereocenters. The molecular formula is C27H26N2O3. The van der Waals surface area contributed by atoms with Crippen molar-refractivity contribution < 1.29 is 14.3 Å². The predicted octanol–water partition coefficient (Wildman–Crippen LogP) is 4.62. The smallest absolute Gasteiger partial charge is 0.360 e. The van der Waals surface area contributed by atoms with E-state index < -0.39 is 5.72 Å². The van der Waals surface area contributed by atoms with E-state index in [9.17, 15) is 4.79 Å². The maximum Gasteiger partial charge on any atom is 0.360 e. The SMILES string of the molecule is CC[C@@]12C[C@@]3(C(=O)OC)O[C@@H]1C(c1ccccc1)=CN1CCc4c(n3c3ccccc43)[C@@H]12. The number of ether oxygens (including phenoxy) is 2. The van der Waals surface area contributed by atoms with Crippen molar-refractivity contribution in [2.75, 3.05) is 13.7 Å². The van der Waals surface area contributed by atoms with E-state index in [1.807, 2.05) is 6.07 Å². The van der Waals surface area contributed by atoms with Gasteiger partial charge in [0.15, 0.2) is 0 Å². The number of nitrogens with zero attached hydrogens (tertiary/aromatic N) is 2. The summed E-state index contributed by atoms with van der Waals surface area (Å²) >= 11 is 0. The number of fused-ring (bicyclic) bond motifs is 5. The summed E-state index contributed by atoms with van der Waals surface area (Å²) in [6.45, 7) is 3.23. The van der Waals surface area contributed by atoms with Gasteiger partial charge in [-0.25, -0.2) is 4.79 Å². The first-order chi connectivity index (χ1) is 15.6. The zero-order valence-corrected chi connectivity index (χ0v) is 18.4. The Hall–Kier alpha value is -3.05. The van der Waals surface area contributed by atoms with E-state index in [1.54, 1.807) is 0 Å². The van der Waals surface area contributed by atoms with E-state index in [0.29, 0.717) is 6.42 Å². The molecule has 2 aromatic carbocycles. The average molecular weight is 427 g/mol. The molecule has 5 nitrogen and oxygen atoms in total. The Morgan fingerprint density at radius 3 is 2.72 bits per heavy atom. The van der Waals surface area contributed by atoms with Crippen molar-refractivity contribution in [1.29, 1.82) is 0 Å². The molecule has 162 valence electrons. The second-order valence-electron chi connectivity index (χ2n) is 9.59. The number of benzene rings is 2. The van der Waals surface area contributed by atoms with Gasteiger partial charge < -0.3 is 18.9 Å². The fourth-order valence-electron chi connectivity index (χ4n) is 7.15. The Bertz CT molecular complexity index is 1310. The Balaban J connectivity index is 1.59. The van der Waals surface area contributed by atoms with Gasteiger partial charge in [0.25, 0.3) is 0 Å². The van der Waals surface area contributed by atoms with E-state index >= 15 is 0 Å². The Morgan fingerprint density at radius 1 is 1.16 bits per heavy atom. The molecule has 0 radical (unpaired) electrons. The number of rotatable bonds is 3. The molecule has 1 fully saturated rings. The predicted molar refractivity (Wildman–Crippen MR) is 122 cm³/mol. The molecule has 1 aromatic heterocycles. The third-order valence-electron chi connectivity index (χ3n) is 8.40. The fourth-order valence-corrected chi connectivity index (χ4v) is 7.15. The lowest BCUT2D eigenvalue weighted by Gasteiger charge is -2.54. The van der Waals surface area contributed by atoms with Crippen molar-refractivity contribution in [2.45, 2.75) is 44.1 Å². The van der Waals surface area contributed by atoms with Gasteiger partial charge in [-0.3, -0.25) is 0 Å². The van der Waals surface area contributed by atoms with Gasteiger partial charge in [-0.15, -0.1) is 0 Å². The molecule has 0 amide bonds. The highest BCUT2D eigenvalue weighted by Crippen LogP contribution is 2.68. The van der Waals surface area contributed by atoms with Crippen LogP contribution in [0.5, 0.6) is 0 Å². The summed E-state index contributed by atoms with van der Waals surface area (Å²) in [5.74, 6) is -0.300. The molecule has 2 bridgehead atoms. The summed E-state index contributed by atoms with van der Waals surface area (Å²) in [6.07, 6.45) is 4.66. The molecule has 0 spiro atoms. The molecule has 7 rings (SSSR count). The van der Waals surface area contributed by atoms with Crippen LogP contribution in [-0.4, -0.2) is 35.2 Å². The molecule has 1 saturated heterocycles. The van der Waals surface area contributed by atoms with Gasteiger partial charge in [-0.05, 0) is 30.0 Å². The molecule has 0 aliphatic carbocycles. The van der Waals surface area contributed by atoms with Gasteiger partial charge in [-0.1, -0.05) is 55.5 Å². The van der Waals surface area contributed by atoms with Crippen molar-refractivity contribution in [1.82, 2.24) is 9.47 Å². The maximum absolute atomic E-state index is 13.6. The minimum atomic E-state index is -1.14. The highest BCUT2D eigenvalue weighted by Gasteiger charge is 2.71. The zero-order chi connectivity index (χ0) is 21.7. The van der Waals surface area contributed by atoms with E-state index in [2.05, 4.69) is 71.1 Å². The Kier molecular flexibility index (Phi) is 3.50. The van der Waals surface area contributed by atoms with E-state index in [1.165, 1.54) is 29.3 Å². The quantitative estimate of drug-likeness (QED) is 0.574. The van der Waals surface area contributed by atoms with Crippen molar-refractivity contribution in [3.05, 3.63) is 77.6 Å². The zero-order valence-electron chi connectivity index (χ0n) is 18.4. The number of aromatic nitrogens is 1. The molecule has 4 aliphatic heterocycles. The molecule has 0 saturated carbocycles. The number of carbonyl (C=O) groups is 1. The van der Waals surface area contributed by atoms with Gasteiger partial charge in [0.2, 0.25) is 5.72 Å². The highest BCUT2D eigenvalue weighted by atomic mass is 16.6. The standard InChI is InChI=1S/C27H26N2O3/c1-3-26-16-27(25(30)31-2)29-21-12-8-7-11-18(21)19-13-14-28(23(26)22(19)29)15-20(24(26)32-27)17-9-5-4-6-10-17/h4-12,15,23-24H,3,13-14,16H2,1-2H3/t23-,24-,26+,27+/m1/s1. The second-order valence-corrected chi connectivity index (χ2v) is 9.59. The fraction of sp³-hybridized carbons (Fsp3) is 0.370. The summed E-state index contributed by atoms with van der Waals surface area (Å²) in [7, 11) is 1.48. The topological polar surface area (TPSA) is 43.7 Å². The van der Waals surface area contributed by atoms with Gasteiger partial charge >= 0.3 is 5.97 Å². The van der Waals surface area contributed by atoms with Crippen LogP contribution in [0.1, 0.15) is 42.6 Å². The average Bonchev–Trinajstić information content (AvgIpc) is 3.36. The minimum Gasteiger partial charge on any atom is -0.465 e. The summed E-state index contributed by atoms with van der Waals surface area (Å²) in [5, 5.41) is 1.24. The monoisotopic (exact) mass is 426 g/mol. The van der Waals surface area contributed by atoms with Crippen LogP contribution >= 0.6 is 0 Å². The molecule has 5 heteroatoms. The van der Waals surface area contributed by atoms with Crippen LogP contribution in [0.25, 0.3) is 16.5 Å². The lowest BCUT2D eigenvalue weighted by atomic mass is 9.62. The van der Waals surface area contributed by atoms with Crippen molar-refractivity contribution in [2.24, 2.45) is 5.41 Å². The normalized spacial score (nSPS) is 31.6. The largest absolute Gasteiger partial charge is 0.465 e. The maximum atomic E-state index is 13.6. The minimum absolute atomic E-state index is 0.167. The van der Waals surface area contributed by atoms with Crippen molar-refractivity contribution >= 4 is 22.4 Å². The summed E-state index contributed by atoms with van der Waals surface area (Å²) in [6, 6.07) is 19.1. The van der Waals surface area contributed by atoms with E-state index in [-0.39, 0.29) is 23.5 Å². The molecule has 32 heavy (non-hydrogen) atoms. The molecule has 3 aromatic rings. The molecule has 4 atom stereocenters. The first kappa shape index (κ1) is 18.5. The number of para-hydroxylation sites is 1. The molecule has 5 heterocycles. The van der Waals surface area contributed by atoms with Gasteiger partial charge in [0.1, 0.15) is 0 Å². The van der Waals surface area contributed by atoms with Crippen LogP contribution in [0.2, 0.25) is 0 Å². The summed E-state index contributed by atoms with van der Waals surface area (Å²) < 4.78 is 14.6. The Morgan fingerprint density at radius 2 is 1.94 bits per heavy atom. The number of carbonyl (C=O) groups excluding carboxylic acids is 1. The van der Waals surface area contributed by atoms with Crippen LogP contribution < -0.4 is 0 Å². The van der Waals surface area contributed by atoms with Crippen LogP contribution in [0.4, 0.5) is 0 Å². The first-order valence-electron chi connectivity index (χ1n) is 11.6. The summed E-state index contributed by atoms with van der Waals surface area (Å²) in [4.78, 5) is 16.1.